The maximum atomic E-state index is 12.3. The molecule has 1 aromatic heterocycles. The number of ether oxygens (including phenoxy) is 1. The highest BCUT2D eigenvalue weighted by Crippen LogP contribution is 2.21. The first-order valence-corrected chi connectivity index (χ1v) is 9.01. The molecule has 1 amide bonds. The van der Waals surface area contributed by atoms with Gasteiger partial charge in [-0.1, -0.05) is 36.4 Å². The van der Waals surface area contributed by atoms with Crippen LogP contribution in [0.2, 0.25) is 0 Å². The minimum absolute atomic E-state index is 0. The first-order chi connectivity index (χ1) is 12.8. The number of rotatable bonds is 4. The standard InChI is InChI=1S/C20H22N4O2.2ClH/c25-19-15-26-20(18-8-4-5-11-21-18)22-24(19)17-9-12-23(13-10-17)14-16-6-2-1-3-7-16;;/h1-8,11,17H,9-10,12-15H2;2*1H. The second kappa shape index (κ2) is 10.4. The van der Waals surface area contributed by atoms with Crippen LogP contribution >= 0.6 is 24.8 Å². The molecule has 1 aromatic carbocycles. The van der Waals surface area contributed by atoms with E-state index in [2.05, 4.69) is 39.3 Å². The normalized spacial score (nSPS) is 17.8. The predicted octanol–water partition coefficient (Wildman–Crippen LogP) is 3.11. The van der Waals surface area contributed by atoms with Crippen molar-refractivity contribution in [2.45, 2.75) is 25.4 Å². The Labute approximate surface area is 177 Å². The maximum absolute atomic E-state index is 12.3. The summed E-state index contributed by atoms with van der Waals surface area (Å²) in [6.45, 7) is 2.89. The number of amides is 1. The lowest BCUT2D eigenvalue weighted by Gasteiger charge is -2.37. The number of carbonyl (C=O) groups excluding carboxylic acids is 1. The van der Waals surface area contributed by atoms with Gasteiger partial charge in [0.1, 0.15) is 5.69 Å². The number of hydrogen-bond acceptors (Lipinski definition) is 5. The molecular weight excluding hydrogens is 399 g/mol. The number of aromatic nitrogens is 1. The molecule has 1 saturated heterocycles. The molecule has 28 heavy (non-hydrogen) atoms. The Bertz CT molecular complexity index is 781. The van der Waals surface area contributed by atoms with Crippen molar-refractivity contribution in [2.24, 2.45) is 5.10 Å². The van der Waals surface area contributed by atoms with Gasteiger partial charge in [-0.2, -0.15) is 0 Å². The fraction of sp³-hybridized carbons (Fsp3) is 0.350. The topological polar surface area (TPSA) is 58.0 Å². The highest BCUT2D eigenvalue weighted by molar-refractivity contribution is 5.96. The molecule has 0 atom stereocenters. The van der Waals surface area contributed by atoms with Gasteiger partial charge in [-0.3, -0.25) is 14.7 Å². The van der Waals surface area contributed by atoms with Crippen LogP contribution in [0, 0.1) is 0 Å². The van der Waals surface area contributed by atoms with Gasteiger partial charge in [0.25, 0.3) is 11.8 Å². The summed E-state index contributed by atoms with van der Waals surface area (Å²) in [7, 11) is 0. The molecule has 1 fully saturated rings. The fourth-order valence-electron chi connectivity index (χ4n) is 3.44. The van der Waals surface area contributed by atoms with E-state index >= 15 is 0 Å². The monoisotopic (exact) mass is 422 g/mol. The molecule has 0 aliphatic carbocycles. The highest BCUT2D eigenvalue weighted by atomic mass is 35.5. The molecule has 150 valence electrons. The molecule has 0 N–H and O–H groups in total. The summed E-state index contributed by atoms with van der Waals surface area (Å²) >= 11 is 0. The number of piperidine rings is 1. The Morgan fingerprint density at radius 2 is 1.71 bits per heavy atom. The maximum Gasteiger partial charge on any atom is 0.281 e. The quantitative estimate of drug-likeness (QED) is 0.759. The van der Waals surface area contributed by atoms with Crippen molar-refractivity contribution in [1.82, 2.24) is 14.9 Å². The lowest BCUT2D eigenvalue weighted by molar-refractivity contribution is -0.139. The van der Waals surface area contributed by atoms with Gasteiger partial charge in [0, 0.05) is 25.8 Å². The SMILES string of the molecule is Cl.Cl.O=C1COC(c2ccccn2)=NN1C1CCN(Cc2ccccc2)CC1. The Balaban J connectivity index is 0.00000140. The van der Waals surface area contributed by atoms with Gasteiger partial charge in [-0.05, 0) is 30.5 Å². The van der Waals surface area contributed by atoms with Crippen LogP contribution in [0.15, 0.2) is 59.8 Å². The van der Waals surface area contributed by atoms with E-state index in [1.807, 2.05) is 24.3 Å². The fourth-order valence-corrected chi connectivity index (χ4v) is 3.44. The Kier molecular flexibility index (Phi) is 8.23. The van der Waals surface area contributed by atoms with Crippen molar-refractivity contribution >= 4 is 36.6 Å². The largest absolute Gasteiger partial charge is 0.465 e. The van der Waals surface area contributed by atoms with Crippen LogP contribution in [-0.2, 0) is 16.1 Å². The van der Waals surface area contributed by atoms with Gasteiger partial charge in [0.2, 0.25) is 0 Å². The summed E-state index contributed by atoms with van der Waals surface area (Å²) in [6.07, 6.45) is 3.53. The average molecular weight is 423 g/mol. The van der Waals surface area contributed by atoms with Crippen LogP contribution in [0.4, 0.5) is 0 Å². The molecule has 0 saturated carbocycles. The van der Waals surface area contributed by atoms with Crippen molar-refractivity contribution in [3.8, 4) is 0 Å². The molecular formula is C20H24Cl2N4O2. The Morgan fingerprint density at radius 3 is 2.39 bits per heavy atom. The van der Waals surface area contributed by atoms with E-state index in [0.717, 1.165) is 32.5 Å². The summed E-state index contributed by atoms with van der Waals surface area (Å²) in [5, 5.41) is 6.08. The molecule has 0 spiro atoms. The van der Waals surface area contributed by atoms with Crippen LogP contribution in [-0.4, -0.2) is 52.4 Å². The van der Waals surface area contributed by atoms with Crippen LogP contribution in [0.3, 0.4) is 0 Å². The lowest BCUT2D eigenvalue weighted by Crippen LogP contribution is -2.48. The zero-order valence-electron chi connectivity index (χ0n) is 15.4. The number of benzene rings is 1. The van der Waals surface area contributed by atoms with Crippen LogP contribution in [0.5, 0.6) is 0 Å². The van der Waals surface area contributed by atoms with E-state index in [9.17, 15) is 4.79 Å². The number of carbonyl (C=O) groups is 1. The molecule has 2 aliphatic heterocycles. The third-order valence-corrected chi connectivity index (χ3v) is 4.82. The number of pyridine rings is 1. The van der Waals surface area contributed by atoms with Gasteiger partial charge in [-0.25, -0.2) is 5.01 Å². The third-order valence-electron chi connectivity index (χ3n) is 4.82. The second-order valence-corrected chi connectivity index (χ2v) is 6.64. The number of hydrazone groups is 1. The molecule has 3 heterocycles. The molecule has 0 unspecified atom stereocenters. The highest BCUT2D eigenvalue weighted by Gasteiger charge is 2.32. The summed E-state index contributed by atoms with van der Waals surface area (Å²) < 4.78 is 5.48. The third kappa shape index (κ3) is 5.22. The van der Waals surface area contributed by atoms with Crippen LogP contribution < -0.4 is 0 Å². The summed E-state index contributed by atoms with van der Waals surface area (Å²) in [5.41, 5.74) is 1.98. The number of halogens is 2. The summed E-state index contributed by atoms with van der Waals surface area (Å²) in [6, 6.07) is 16.2. The van der Waals surface area contributed by atoms with Crippen molar-refractivity contribution in [1.29, 1.82) is 0 Å². The predicted molar refractivity (Wildman–Crippen MR) is 113 cm³/mol. The second-order valence-electron chi connectivity index (χ2n) is 6.64. The van der Waals surface area contributed by atoms with E-state index in [1.54, 1.807) is 11.2 Å². The zero-order valence-corrected chi connectivity index (χ0v) is 17.1. The molecule has 6 nitrogen and oxygen atoms in total. The van der Waals surface area contributed by atoms with Gasteiger partial charge >= 0.3 is 0 Å². The number of likely N-dealkylation sites (tertiary alicyclic amines) is 1. The van der Waals surface area contributed by atoms with Crippen molar-refractivity contribution in [2.75, 3.05) is 19.7 Å². The van der Waals surface area contributed by atoms with E-state index in [1.165, 1.54) is 5.56 Å². The van der Waals surface area contributed by atoms with E-state index in [0.29, 0.717) is 11.6 Å². The molecule has 2 aliphatic rings. The summed E-state index contributed by atoms with van der Waals surface area (Å²) in [5.74, 6) is 0.350. The van der Waals surface area contributed by atoms with Gasteiger partial charge in [-0.15, -0.1) is 29.9 Å². The van der Waals surface area contributed by atoms with E-state index < -0.39 is 0 Å². The molecule has 0 bridgehead atoms. The zero-order chi connectivity index (χ0) is 17.8. The first-order valence-electron chi connectivity index (χ1n) is 9.01. The van der Waals surface area contributed by atoms with Crippen LogP contribution in [0.1, 0.15) is 24.1 Å². The van der Waals surface area contributed by atoms with Crippen molar-refractivity contribution in [3.63, 3.8) is 0 Å². The molecule has 2 aromatic rings. The van der Waals surface area contributed by atoms with Gasteiger partial charge < -0.3 is 4.74 Å². The van der Waals surface area contributed by atoms with Crippen molar-refractivity contribution in [3.05, 3.63) is 66.0 Å². The number of nitrogens with zero attached hydrogens (tertiary/aromatic N) is 4. The molecule has 4 rings (SSSR count). The lowest BCUT2D eigenvalue weighted by atomic mass is 10.0. The minimum atomic E-state index is -0.0776. The van der Waals surface area contributed by atoms with E-state index in [-0.39, 0.29) is 43.4 Å². The molecule has 0 radical (unpaired) electrons. The molecule has 8 heteroatoms. The Morgan fingerprint density at radius 1 is 1.00 bits per heavy atom. The first kappa shape index (κ1) is 22.1. The summed E-state index contributed by atoms with van der Waals surface area (Å²) in [4.78, 5) is 19.0. The van der Waals surface area contributed by atoms with Gasteiger partial charge in [0.05, 0.1) is 6.04 Å². The van der Waals surface area contributed by atoms with E-state index in [4.69, 9.17) is 4.74 Å². The smallest absolute Gasteiger partial charge is 0.281 e. The number of hydrogen-bond donors (Lipinski definition) is 0. The average Bonchev–Trinajstić information content (AvgIpc) is 2.71. The van der Waals surface area contributed by atoms with Crippen molar-refractivity contribution < 1.29 is 9.53 Å². The van der Waals surface area contributed by atoms with Gasteiger partial charge in [0.15, 0.2) is 6.61 Å². The minimum Gasteiger partial charge on any atom is -0.465 e. The van der Waals surface area contributed by atoms with Crippen LogP contribution in [0.25, 0.3) is 0 Å². The Hall–Kier alpha value is -2.15.